The van der Waals surface area contributed by atoms with E-state index in [0.29, 0.717) is 17.8 Å². The van der Waals surface area contributed by atoms with Crippen LogP contribution in [0.1, 0.15) is 53.9 Å². The molecule has 0 bridgehead atoms. The lowest BCUT2D eigenvalue weighted by Gasteiger charge is -2.36. The summed E-state index contributed by atoms with van der Waals surface area (Å²) in [7, 11) is 0. The molecule has 1 fully saturated rings. The number of hydrogen-bond donors (Lipinski definition) is 1. The van der Waals surface area contributed by atoms with Crippen LogP contribution in [0.5, 0.6) is 0 Å². The monoisotopic (exact) mass is 283 g/mol. The van der Waals surface area contributed by atoms with Gasteiger partial charge in [-0.05, 0) is 44.4 Å². The van der Waals surface area contributed by atoms with E-state index in [9.17, 15) is 9.59 Å². The molecule has 0 aromatic carbocycles. The molecule has 0 heterocycles. The van der Waals surface area contributed by atoms with Gasteiger partial charge in [0.25, 0.3) is 0 Å². The van der Waals surface area contributed by atoms with Crippen LogP contribution in [0, 0.1) is 23.7 Å². The second-order valence-electron chi connectivity index (χ2n) is 6.69. The zero-order chi connectivity index (χ0) is 15.3. The number of ether oxygens (including phenoxy) is 1. The van der Waals surface area contributed by atoms with Crippen molar-refractivity contribution in [3.05, 3.63) is 0 Å². The highest BCUT2D eigenvalue weighted by Gasteiger charge is 2.35. The maximum absolute atomic E-state index is 12.3. The molecule has 4 nitrogen and oxygen atoms in total. The molecule has 0 aromatic rings. The smallest absolute Gasteiger partial charge is 0.325 e. The molecule has 0 spiro atoms. The number of nitrogens with one attached hydrogen (secondary N) is 1. The van der Waals surface area contributed by atoms with Crippen molar-refractivity contribution in [1.82, 2.24) is 5.32 Å². The van der Waals surface area contributed by atoms with Crippen molar-refractivity contribution in [1.29, 1.82) is 0 Å². The van der Waals surface area contributed by atoms with Crippen LogP contribution in [0.25, 0.3) is 0 Å². The van der Waals surface area contributed by atoms with Crippen LogP contribution in [0.3, 0.4) is 0 Å². The Balaban J connectivity index is 2.52. The molecule has 0 aliphatic heterocycles. The van der Waals surface area contributed by atoms with Crippen LogP contribution < -0.4 is 5.32 Å². The summed E-state index contributed by atoms with van der Waals surface area (Å²) in [5, 5.41) is 2.75. The predicted octanol–water partition coefficient (Wildman–Crippen LogP) is 2.76. The van der Waals surface area contributed by atoms with Crippen LogP contribution >= 0.6 is 0 Å². The molecule has 1 aliphatic rings. The number of carbonyl (C=O) groups excluding carboxylic acids is 2. The number of amides is 1. The van der Waals surface area contributed by atoms with Crippen LogP contribution in [-0.2, 0) is 14.3 Å². The SMILES string of the molecule is CC(C)OC(=O)CNC(=O)[C@@H]1C[C@H](C)CC[C@H]1C(C)C. The first-order chi connectivity index (χ1) is 9.31. The summed E-state index contributed by atoms with van der Waals surface area (Å²) in [6.45, 7) is 10.1. The van der Waals surface area contributed by atoms with Gasteiger partial charge in [0.05, 0.1) is 6.10 Å². The molecule has 116 valence electrons. The summed E-state index contributed by atoms with van der Waals surface area (Å²) in [6.07, 6.45) is 3.08. The van der Waals surface area contributed by atoms with Gasteiger partial charge in [0.15, 0.2) is 0 Å². The summed E-state index contributed by atoms with van der Waals surface area (Å²) in [5.41, 5.74) is 0. The molecule has 1 amide bonds. The van der Waals surface area contributed by atoms with Crippen molar-refractivity contribution in [3.8, 4) is 0 Å². The van der Waals surface area contributed by atoms with Crippen molar-refractivity contribution in [3.63, 3.8) is 0 Å². The maximum atomic E-state index is 12.3. The highest BCUT2D eigenvalue weighted by molar-refractivity contribution is 5.83. The van der Waals surface area contributed by atoms with Gasteiger partial charge in [-0.3, -0.25) is 9.59 Å². The van der Waals surface area contributed by atoms with Gasteiger partial charge in [0, 0.05) is 5.92 Å². The molecule has 1 aliphatic carbocycles. The average molecular weight is 283 g/mol. The summed E-state index contributed by atoms with van der Waals surface area (Å²) in [5.74, 6) is 1.19. The van der Waals surface area contributed by atoms with Crippen LogP contribution in [0.4, 0.5) is 0 Å². The van der Waals surface area contributed by atoms with E-state index in [4.69, 9.17) is 4.74 Å². The molecular formula is C16H29NO3. The fourth-order valence-corrected chi connectivity index (χ4v) is 3.10. The number of hydrogen-bond acceptors (Lipinski definition) is 3. The van der Waals surface area contributed by atoms with E-state index in [-0.39, 0.29) is 30.4 Å². The van der Waals surface area contributed by atoms with Gasteiger partial charge < -0.3 is 10.1 Å². The van der Waals surface area contributed by atoms with E-state index in [1.165, 1.54) is 6.42 Å². The molecule has 0 radical (unpaired) electrons. The van der Waals surface area contributed by atoms with Gasteiger partial charge in [-0.2, -0.15) is 0 Å². The van der Waals surface area contributed by atoms with Gasteiger partial charge in [-0.15, -0.1) is 0 Å². The molecular weight excluding hydrogens is 254 g/mol. The number of rotatable bonds is 5. The van der Waals surface area contributed by atoms with Gasteiger partial charge >= 0.3 is 5.97 Å². The molecule has 0 saturated heterocycles. The Kier molecular flexibility index (Phi) is 6.50. The Morgan fingerprint density at radius 2 is 1.85 bits per heavy atom. The van der Waals surface area contributed by atoms with Crippen molar-refractivity contribution in [2.75, 3.05) is 6.54 Å². The lowest BCUT2D eigenvalue weighted by atomic mass is 9.70. The highest BCUT2D eigenvalue weighted by Crippen LogP contribution is 2.37. The van der Waals surface area contributed by atoms with Crippen LogP contribution in [0.15, 0.2) is 0 Å². The van der Waals surface area contributed by atoms with E-state index in [1.807, 2.05) is 0 Å². The lowest BCUT2D eigenvalue weighted by molar-refractivity contribution is -0.148. The largest absolute Gasteiger partial charge is 0.462 e. The van der Waals surface area contributed by atoms with E-state index in [2.05, 4.69) is 26.1 Å². The minimum atomic E-state index is -0.363. The third-order valence-corrected chi connectivity index (χ3v) is 4.13. The van der Waals surface area contributed by atoms with Gasteiger partial charge in [-0.25, -0.2) is 0 Å². The topological polar surface area (TPSA) is 55.4 Å². The highest BCUT2D eigenvalue weighted by atomic mass is 16.5. The van der Waals surface area contributed by atoms with E-state index in [1.54, 1.807) is 13.8 Å². The van der Waals surface area contributed by atoms with Crippen LogP contribution in [-0.4, -0.2) is 24.5 Å². The van der Waals surface area contributed by atoms with Crippen molar-refractivity contribution in [2.45, 2.75) is 60.0 Å². The predicted molar refractivity (Wildman–Crippen MR) is 79.1 cm³/mol. The van der Waals surface area contributed by atoms with Crippen molar-refractivity contribution < 1.29 is 14.3 Å². The average Bonchev–Trinajstić information content (AvgIpc) is 2.34. The van der Waals surface area contributed by atoms with E-state index in [0.717, 1.165) is 12.8 Å². The fourth-order valence-electron chi connectivity index (χ4n) is 3.10. The zero-order valence-corrected chi connectivity index (χ0v) is 13.4. The molecule has 0 unspecified atom stereocenters. The number of esters is 1. The number of carbonyl (C=O) groups is 2. The Bertz CT molecular complexity index is 339. The molecule has 0 aromatic heterocycles. The van der Waals surface area contributed by atoms with Gasteiger partial charge in [-0.1, -0.05) is 27.2 Å². The first-order valence-electron chi connectivity index (χ1n) is 7.78. The summed E-state index contributed by atoms with van der Waals surface area (Å²) in [4.78, 5) is 23.8. The van der Waals surface area contributed by atoms with Gasteiger partial charge in [0.2, 0.25) is 5.91 Å². The van der Waals surface area contributed by atoms with Gasteiger partial charge in [0.1, 0.15) is 6.54 Å². The summed E-state index contributed by atoms with van der Waals surface area (Å²) in [6, 6.07) is 0. The quantitative estimate of drug-likeness (QED) is 0.789. The Morgan fingerprint density at radius 3 is 2.40 bits per heavy atom. The minimum Gasteiger partial charge on any atom is -0.462 e. The molecule has 1 saturated carbocycles. The third kappa shape index (κ3) is 5.14. The zero-order valence-electron chi connectivity index (χ0n) is 13.4. The normalized spacial score (nSPS) is 26.6. The lowest BCUT2D eigenvalue weighted by Crippen LogP contribution is -2.42. The second-order valence-corrected chi connectivity index (χ2v) is 6.69. The first-order valence-corrected chi connectivity index (χ1v) is 7.78. The minimum absolute atomic E-state index is 0.0101. The molecule has 4 heteroatoms. The second kappa shape index (κ2) is 7.65. The maximum Gasteiger partial charge on any atom is 0.325 e. The molecule has 1 rings (SSSR count). The summed E-state index contributed by atoms with van der Waals surface area (Å²) < 4.78 is 5.03. The van der Waals surface area contributed by atoms with Crippen molar-refractivity contribution >= 4 is 11.9 Å². The third-order valence-electron chi connectivity index (χ3n) is 4.13. The Hall–Kier alpha value is -1.06. The molecule has 3 atom stereocenters. The van der Waals surface area contributed by atoms with Crippen molar-refractivity contribution in [2.24, 2.45) is 23.7 Å². The Morgan fingerprint density at radius 1 is 1.20 bits per heavy atom. The first kappa shape index (κ1) is 17.0. The van der Waals surface area contributed by atoms with E-state index >= 15 is 0 Å². The molecule has 20 heavy (non-hydrogen) atoms. The van der Waals surface area contributed by atoms with E-state index < -0.39 is 0 Å². The summed E-state index contributed by atoms with van der Waals surface area (Å²) >= 11 is 0. The molecule has 1 N–H and O–H groups in total. The fraction of sp³-hybridized carbons (Fsp3) is 0.875. The van der Waals surface area contributed by atoms with Crippen LogP contribution in [0.2, 0.25) is 0 Å². The Labute approximate surface area is 122 Å². The standard InChI is InChI=1S/C16H29NO3/c1-10(2)13-7-6-12(5)8-14(13)16(19)17-9-15(18)20-11(3)4/h10-14H,6-9H2,1-5H3,(H,17,19)/t12-,13+,14-/m1/s1.